The van der Waals surface area contributed by atoms with Crippen molar-refractivity contribution in [1.82, 2.24) is 0 Å². The molecular formula is C9H12N2O. The summed E-state index contributed by atoms with van der Waals surface area (Å²) in [5, 5.41) is 0. The van der Waals surface area contributed by atoms with Gasteiger partial charge in [0.2, 0.25) is 0 Å². The highest BCUT2D eigenvalue weighted by atomic mass is 16.1. The van der Waals surface area contributed by atoms with E-state index in [1.807, 2.05) is 12.1 Å². The zero-order valence-corrected chi connectivity index (χ0v) is 6.73. The van der Waals surface area contributed by atoms with Gasteiger partial charge in [0.25, 0.3) is 0 Å². The molecular weight excluding hydrogens is 152 g/mol. The molecule has 0 bridgehead atoms. The first kappa shape index (κ1) is 8.74. The van der Waals surface area contributed by atoms with Gasteiger partial charge in [-0.2, -0.15) is 0 Å². The molecule has 0 aliphatic rings. The zero-order chi connectivity index (χ0) is 8.97. The number of benzene rings is 1. The van der Waals surface area contributed by atoms with Crippen molar-refractivity contribution in [2.45, 2.75) is 12.5 Å². The molecule has 0 aromatic heterocycles. The van der Waals surface area contributed by atoms with Gasteiger partial charge in [-0.05, 0) is 24.1 Å². The van der Waals surface area contributed by atoms with Crippen LogP contribution in [0.3, 0.4) is 0 Å². The Hall–Kier alpha value is -1.35. The van der Waals surface area contributed by atoms with Crippen LogP contribution in [0.2, 0.25) is 0 Å². The van der Waals surface area contributed by atoms with Gasteiger partial charge in [0.1, 0.15) is 6.29 Å². The minimum absolute atomic E-state index is 0.409. The Morgan fingerprint density at radius 1 is 1.33 bits per heavy atom. The summed E-state index contributed by atoms with van der Waals surface area (Å²) >= 11 is 0. The SMILES string of the molecule is Nc1ccc(CC(N)C=O)cc1. The standard InChI is InChI=1S/C9H12N2O/c10-8-3-1-7(2-4-8)5-9(11)6-12/h1-4,6,9H,5,10-11H2. The van der Waals surface area contributed by atoms with E-state index < -0.39 is 6.04 Å². The summed E-state index contributed by atoms with van der Waals surface area (Å²) in [5.41, 5.74) is 12.7. The summed E-state index contributed by atoms with van der Waals surface area (Å²) in [4.78, 5) is 10.2. The minimum Gasteiger partial charge on any atom is -0.399 e. The van der Waals surface area contributed by atoms with Gasteiger partial charge in [-0.15, -0.1) is 0 Å². The van der Waals surface area contributed by atoms with Crippen LogP contribution in [0.5, 0.6) is 0 Å². The van der Waals surface area contributed by atoms with E-state index in [0.717, 1.165) is 17.5 Å². The fourth-order valence-electron chi connectivity index (χ4n) is 0.974. The molecule has 0 aliphatic carbocycles. The fraction of sp³-hybridized carbons (Fsp3) is 0.222. The third-order valence-corrected chi connectivity index (χ3v) is 1.63. The first-order chi connectivity index (χ1) is 5.72. The number of hydrogen-bond acceptors (Lipinski definition) is 3. The van der Waals surface area contributed by atoms with E-state index in [4.69, 9.17) is 11.5 Å². The molecule has 1 rings (SSSR count). The summed E-state index contributed by atoms with van der Waals surface area (Å²) in [6, 6.07) is 6.94. The molecule has 0 amide bonds. The quantitative estimate of drug-likeness (QED) is 0.500. The second-order valence-corrected chi connectivity index (χ2v) is 2.75. The predicted octanol–water partition coefficient (Wildman–Crippen LogP) is 0.337. The molecule has 0 aliphatic heterocycles. The van der Waals surface area contributed by atoms with Crippen LogP contribution in [0.1, 0.15) is 5.56 Å². The molecule has 64 valence electrons. The number of anilines is 1. The first-order valence-electron chi connectivity index (χ1n) is 3.77. The van der Waals surface area contributed by atoms with E-state index in [9.17, 15) is 4.79 Å². The predicted molar refractivity (Wildman–Crippen MR) is 48.6 cm³/mol. The summed E-state index contributed by atoms with van der Waals surface area (Å²) in [6.45, 7) is 0. The van der Waals surface area contributed by atoms with Gasteiger partial charge in [0, 0.05) is 5.69 Å². The van der Waals surface area contributed by atoms with Crippen LogP contribution in [-0.2, 0) is 11.2 Å². The van der Waals surface area contributed by atoms with E-state index in [1.165, 1.54) is 0 Å². The molecule has 0 saturated carbocycles. The van der Waals surface area contributed by atoms with Crippen LogP contribution in [0.15, 0.2) is 24.3 Å². The van der Waals surface area contributed by atoms with Gasteiger partial charge in [-0.3, -0.25) is 0 Å². The molecule has 0 fully saturated rings. The summed E-state index contributed by atoms with van der Waals surface area (Å²) in [7, 11) is 0. The number of aldehydes is 1. The van der Waals surface area contributed by atoms with Gasteiger partial charge >= 0.3 is 0 Å². The van der Waals surface area contributed by atoms with Crippen molar-refractivity contribution in [3.8, 4) is 0 Å². The Bertz CT molecular complexity index is 256. The first-order valence-corrected chi connectivity index (χ1v) is 3.77. The van der Waals surface area contributed by atoms with Crippen molar-refractivity contribution in [3.63, 3.8) is 0 Å². The molecule has 0 heterocycles. The van der Waals surface area contributed by atoms with Gasteiger partial charge < -0.3 is 16.3 Å². The van der Waals surface area contributed by atoms with E-state index in [-0.39, 0.29) is 0 Å². The number of carbonyl (C=O) groups excluding carboxylic acids is 1. The van der Waals surface area contributed by atoms with Crippen LogP contribution in [0, 0.1) is 0 Å². The van der Waals surface area contributed by atoms with Crippen LogP contribution in [0.25, 0.3) is 0 Å². The molecule has 1 aromatic carbocycles. The van der Waals surface area contributed by atoms with Crippen molar-refractivity contribution in [2.75, 3.05) is 5.73 Å². The average Bonchev–Trinajstić information content (AvgIpc) is 2.09. The lowest BCUT2D eigenvalue weighted by Crippen LogP contribution is -2.23. The Morgan fingerprint density at radius 2 is 1.92 bits per heavy atom. The molecule has 3 nitrogen and oxygen atoms in total. The number of nitrogen functional groups attached to an aromatic ring is 1. The Labute approximate surface area is 71.4 Å². The lowest BCUT2D eigenvalue weighted by molar-refractivity contribution is -0.108. The van der Waals surface area contributed by atoms with Crippen LogP contribution >= 0.6 is 0 Å². The van der Waals surface area contributed by atoms with E-state index >= 15 is 0 Å². The second kappa shape index (κ2) is 3.88. The highest BCUT2D eigenvalue weighted by molar-refractivity contribution is 5.58. The smallest absolute Gasteiger partial charge is 0.137 e. The highest BCUT2D eigenvalue weighted by Crippen LogP contribution is 2.06. The molecule has 0 saturated heterocycles. The molecule has 12 heavy (non-hydrogen) atoms. The summed E-state index contributed by atoms with van der Waals surface area (Å²) < 4.78 is 0. The van der Waals surface area contributed by atoms with Crippen molar-refractivity contribution < 1.29 is 4.79 Å². The molecule has 1 aromatic rings. The van der Waals surface area contributed by atoms with E-state index in [1.54, 1.807) is 12.1 Å². The molecule has 1 atom stereocenters. The Morgan fingerprint density at radius 3 is 2.42 bits per heavy atom. The lowest BCUT2D eigenvalue weighted by Gasteiger charge is -2.03. The maximum Gasteiger partial charge on any atom is 0.137 e. The minimum atomic E-state index is -0.409. The topological polar surface area (TPSA) is 69.1 Å². The number of rotatable bonds is 3. The van der Waals surface area contributed by atoms with Crippen LogP contribution in [-0.4, -0.2) is 12.3 Å². The van der Waals surface area contributed by atoms with Crippen LogP contribution in [0.4, 0.5) is 5.69 Å². The number of nitrogens with two attached hydrogens (primary N) is 2. The fourth-order valence-corrected chi connectivity index (χ4v) is 0.974. The Kier molecular flexibility index (Phi) is 2.82. The third kappa shape index (κ3) is 2.36. The largest absolute Gasteiger partial charge is 0.399 e. The van der Waals surface area contributed by atoms with Gasteiger partial charge in [-0.25, -0.2) is 0 Å². The van der Waals surface area contributed by atoms with Crippen LogP contribution < -0.4 is 11.5 Å². The maximum atomic E-state index is 10.2. The highest BCUT2D eigenvalue weighted by Gasteiger charge is 2.00. The number of carbonyl (C=O) groups is 1. The Balaban J connectivity index is 2.64. The van der Waals surface area contributed by atoms with E-state index in [0.29, 0.717) is 6.42 Å². The summed E-state index contributed by atoms with van der Waals surface area (Å²) in [5.74, 6) is 0. The number of hydrogen-bond donors (Lipinski definition) is 2. The zero-order valence-electron chi connectivity index (χ0n) is 6.73. The molecule has 0 radical (unpaired) electrons. The average molecular weight is 164 g/mol. The van der Waals surface area contributed by atoms with Crippen molar-refractivity contribution >= 4 is 12.0 Å². The third-order valence-electron chi connectivity index (χ3n) is 1.63. The van der Waals surface area contributed by atoms with Crippen molar-refractivity contribution in [2.24, 2.45) is 5.73 Å². The monoisotopic (exact) mass is 164 g/mol. The maximum absolute atomic E-state index is 10.2. The van der Waals surface area contributed by atoms with Crippen molar-refractivity contribution in [1.29, 1.82) is 0 Å². The summed E-state index contributed by atoms with van der Waals surface area (Å²) in [6.07, 6.45) is 1.32. The van der Waals surface area contributed by atoms with Crippen molar-refractivity contribution in [3.05, 3.63) is 29.8 Å². The van der Waals surface area contributed by atoms with E-state index in [2.05, 4.69) is 0 Å². The lowest BCUT2D eigenvalue weighted by atomic mass is 10.1. The normalized spacial score (nSPS) is 12.4. The molecule has 0 spiro atoms. The molecule has 1 unspecified atom stereocenters. The van der Waals surface area contributed by atoms with Gasteiger partial charge in [0.15, 0.2) is 0 Å². The second-order valence-electron chi connectivity index (χ2n) is 2.75. The molecule has 4 N–H and O–H groups in total. The molecule has 3 heteroatoms. The van der Waals surface area contributed by atoms with Gasteiger partial charge in [0.05, 0.1) is 6.04 Å². The van der Waals surface area contributed by atoms with Gasteiger partial charge in [-0.1, -0.05) is 12.1 Å².